The zero-order valence-electron chi connectivity index (χ0n) is 10.3. The molecule has 4 nitrogen and oxygen atoms in total. The minimum Gasteiger partial charge on any atom is -0.479 e. The Morgan fingerprint density at radius 3 is 2.78 bits per heavy atom. The van der Waals surface area contributed by atoms with Gasteiger partial charge < -0.3 is 15.2 Å². The standard InChI is InChI=1S/C14H19NO3/c16-14(17)13(11-6-2-1-3-7-11)18-10-12-8-4-5-9-15-12/h1-3,6-7,12-13,15H,4-5,8-10H2,(H,16,17). The van der Waals surface area contributed by atoms with E-state index in [1.54, 1.807) is 12.1 Å². The molecule has 2 unspecified atom stereocenters. The quantitative estimate of drug-likeness (QED) is 0.837. The molecule has 1 aliphatic heterocycles. The molecule has 98 valence electrons. The van der Waals surface area contributed by atoms with Gasteiger partial charge in [-0.15, -0.1) is 0 Å². The van der Waals surface area contributed by atoms with Gasteiger partial charge in [-0.1, -0.05) is 36.8 Å². The molecule has 2 rings (SSSR count). The molecular weight excluding hydrogens is 230 g/mol. The third kappa shape index (κ3) is 3.55. The van der Waals surface area contributed by atoms with Crippen LogP contribution in [-0.2, 0) is 9.53 Å². The van der Waals surface area contributed by atoms with Crippen molar-refractivity contribution in [3.63, 3.8) is 0 Å². The monoisotopic (exact) mass is 249 g/mol. The van der Waals surface area contributed by atoms with Gasteiger partial charge >= 0.3 is 5.97 Å². The minimum absolute atomic E-state index is 0.282. The molecule has 0 aliphatic carbocycles. The van der Waals surface area contributed by atoms with Crippen LogP contribution in [0.15, 0.2) is 30.3 Å². The predicted molar refractivity (Wildman–Crippen MR) is 68.4 cm³/mol. The number of piperidine rings is 1. The van der Waals surface area contributed by atoms with E-state index in [1.165, 1.54) is 12.8 Å². The van der Waals surface area contributed by atoms with E-state index in [-0.39, 0.29) is 6.04 Å². The fraction of sp³-hybridized carbons (Fsp3) is 0.500. The first-order valence-electron chi connectivity index (χ1n) is 6.40. The second-order valence-electron chi connectivity index (χ2n) is 4.61. The summed E-state index contributed by atoms with van der Waals surface area (Å²) in [5, 5.41) is 12.6. The topological polar surface area (TPSA) is 58.6 Å². The molecule has 1 aromatic carbocycles. The van der Waals surface area contributed by atoms with Gasteiger partial charge in [-0.2, -0.15) is 0 Å². The van der Waals surface area contributed by atoms with Gasteiger partial charge in [-0.3, -0.25) is 0 Å². The van der Waals surface area contributed by atoms with Crippen LogP contribution in [0.3, 0.4) is 0 Å². The zero-order valence-corrected chi connectivity index (χ0v) is 10.3. The van der Waals surface area contributed by atoms with Crippen molar-refractivity contribution in [2.45, 2.75) is 31.4 Å². The highest BCUT2D eigenvalue weighted by molar-refractivity contribution is 5.74. The van der Waals surface area contributed by atoms with Crippen LogP contribution in [0.4, 0.5) is 0 Å². The van der Waals surface area contributed by atoms with Gasteiger partial charge in [-0.25, -0.2) is 4.79 Å². The molecule has 0 amide bonds. The van der Waals surface area contributed by atoms with Crippen LogP contribution in [-0.4, -0.2) is 30.3 Å². The van der Waals surface area contributed by atoms with Gasteiger partial charge in [0.15, 0.2) is 6.10 Å². The number of carbonyl (C=O) groups is 1. The van der Waals surface area contributed by atoms with Crippen LogP contribution in [0.2, 0.25) is 0 Å². The largest absolute Gasteiger partial charge is 0.479 e. The summed E-state index contributed by atoms with van der Waals surface area (Å²) in [6.45, 7) is 1.45. The molecule has 1 heterocycles. The summed E-state index contributed by atoms with van der Waals surface area (Å²) in [6, 6.07) is 9.37. The van der Waals surface area contributed by atoms with Gasteiger partial charge in [0.25, 0.3) is 0 Å². The van der Waals surface area contributed by atoms with Gasteiger partial charge in [-0.05, 0) is 24.9 Å². The van der Waals surface area contributed by atoms with Gasteiger partial charge in [0.2, 0.25) is 0 Å². The van der Waals surface area contributed by atoms with Crippen molar-refractivity contribution in [3.05, 3.63) is 35.9 Å². The number of carboxylic acids is 1. The second-order valence-corrected chi connectivity index (χ2v) is 4.61. The highest BCUT2D eigenvalue weighted by Gasteiger charge is 2.22. The second kappa shape index (κ2) is 6.52. The molecule has 0 bridgehead atoms. The molecule has 1 fully saturated rings. The number of rotatable bonds is 5. The number of hydrogen-bond donors (Lipinski definition) is 2. The maximum Gasteiger partial charge on any atom is 0.337 e. The Labute approximate surface area is 107 Å². The Kier molecular flexibility index (Phi) is 4.73. The number of aliphatic carboxylic acids is 1. The first kappa shape index (κ1) is 13.1. The van der Waals surface area contributed by atoms with Crippen molar-refractivity contribution in [2.75, 3.05) is 13.2 Å². The molecule has 1 aromatic rings. The summed E-state index contributed by atoms with van der Waals surface area (Å²) in [6.07, 6.45) is 2.57. The minimum atomic E-state index is -0.933. The van der Waals surface area contributed by atoms with E-state index in [9.17, 15) is 9.90 Å². The highest BCUT2D eigenvalue weighted by atomic mass is 16.5. The highest BCUT2D eigenvalue weighted by Crippen LogP contribution is 2.18. The lowest BCUT2D eigenvalue weighted by Crippen LogP contribution is -2.38. The average molecular weight is 249 g/mol. The lowest BCUT2D eigenvalue weighted by atomic mass is 10.1. The van der Waals surface area contributed by atoms with Crippen LogP contribution in [0.1, 0.15) is 30.9 Å². The summed E-state index contributed by atoms with van der Waals surface area (Å²) in [5.74, 6) is -0.933. The summed E-state index contributed by atoms with van der Waals surface area (Å²) in [7, 11) is 0. The smallest absolute Gasteiger partial charge is 0.337 e. The lowest BCUT2D eigenvalue weighted by Gasteiger charge is -2.25. The van der Waals surface area contributed by atoms with E-state index in [0.29, 0.717) is 12.2 Å². The van der Waals surface area contributed by atoms with E-state index in [4.69, 9.17) is 4.74 Å². The number of hydrogen-bond acceptors (Lipinski definition) is 3. The van der Waals surface area contributed by atoms with E-state index in [0.717, 1.165) is 13.0 Å². The molecule has 4 heteroatoms. The van der Waals surface area contributed by atoms with E-state index in [2.05, 4.69) is 5.32 Å². The number of benzene rings is 1. The summed E-state index contributed by atoms with van der Waals surface area (Å²) < 4.78 is 5.57. The van der Waals surface area contributed by atoms with E-state index < -0.39 is 12.1 Å². The SMILES string of the molecule is O=C(O)C(OCC1CCCCN1)c1ccccc1. The van der Waals surface area contributed by atoms with E-state index >= 15 is 0 Å². The van der Waals surface area contributed by atoms with Crippen molar-refractivity contribution in [2.24, 2.45) is 0 Å². The fourth-order valence-corrected chi connectivity index (χ4v) is 2.22. The molecule has 1 saturated heterocycles. The molecule has 18 heavy (non-hydrogen) atoms. The Balaban J connectivity index is 1.92. The number of ether oxygens (including phenoxy) is 1. The van der Waals surface area contributed by atoms with Crippen LogP contribution in [0.5, 0.6) is 0 Å². The molecule has 2 atom stereocenters. The Hall–Kier alpha value is -1.39. The van der Waals surface area contributed by atoms with E-state index in [1.807, 2.05) is 18.2 Å². The van der Waals surface area contributed by atoms with Gasteiger partial charge in [0.1, 0.15) is 0 Å². The van der Waals surface area contributed by atoms with Crippen LogP contribution < -0.4 is 5.32 Å². The molecule has 2 N–H and O–H groups in total. The summed E-state index contributed by atoms with van der Waals surface area (Å²) >= 11 is 0. The summed E-state index contributed by atoms with van der Waals surface area (Å²) in [4.78, 5) is 11.2. The number of carboxylic acid groups (broad SMARTS) is 1. The third-order valence-electron chi connectivity index (χ3n) is 3.20. The van der Waals surface area contributed by atoms with Crippen LogP contribution >= 0.6 is 0 Å². The summed E-state index contributed by atoms with van der Waals surface area (Å²) in [5.41, 5.74) is 0.695. The fourth-order valence-electron chi connectivity index (χ4n) is 2.22. The van der Waals surface area contributed by atoms with Crippen LogP contribution in [0.25, 0.3) is 0 Å². The average Bonchev–Trinajstić information content (AvgIpc) is 2.41. The first-order valence-corrected chi connectivity index (χ1v) is 6.40. The molecule has 0 aromatic heterocycles. The van der Waals surface area contributed by atoms with Crippen molar-refractivity contribution >= 4 is 5.97 Å². The van der Waals surface area contributed by atoms with Crippen molar-refractivity contribution < 1.29 is 14.6 Å². The first-order chi connectivity index (χ1) is 8.77. The molecule has 0 spiro atoms. The van der Waals surface area contributed by atoms with Crippen LogP contribution in [0, 0.1) is 0 Å². The molecule has 0 saturated carbocycles. The predicted octanol–water partition coefficient (Wildman–Crippen LogP) is 1.97. The molecular formula is C14H19NO3. The lowest BCUT2D eigenvalue weighted by molar-refractivity contribution is -0.151. The molecule has 1 aliphatic rings. The zero-order chi connectivity index (χ0) is 12.8. The Morgan fingerprint density at radius 1 is 1.39 bits per heavy atom. The van der Waals surface area contributed by atoms with Gasteiger partial charge in [0.05, 0.1) is 6.61 Å². The Bertz CT molecular complexity index is 374. The Morgan fingerprint density at radius 2 is 2.17 bits per heavy atom. The van der Waals surface area contributed by atoms with Crippen molar-refractivity contribution in [1.29, 1.82) is 0 Å². The maximum atomic E-state index is 11.2. The van der Waals surface area contributed by atoms with Crippen molar-refractivity contribution in [1.82, 2.24) is 5.32 Å². The van der Waals surface area contributed by atoms with Gasteiger partial charge in [0, 0.05) is 6.04 Å². The normalized spacial score (nSPS) is 21.4. The third-order valence-corrected chi connectivity index (χ3v) is 3.20. The van der Waals surface area contributed by atoms with Crippen molar-refractivity contribution in [3.8, 4) is 0 Å². The maximum absolute atomic E-state index is 11.2. The number of nitrogens with one attached hydrogen (secondary N) is 1. The molecule has 0 radical (unpaired) electrons.